The van der Waals surface area contributed by atoms with E-state index in [-0.39, 0.29) is 26.9 Å². The van der Waals surface area contributed by atoms with Crippen molar-refractivity contribution in [2.24, 2.45) is 5.73 Å². The van der Waals surface area contributed by atoms with Gasteiger partial charge in [-0.15, -0.1) is 0 Å². The maximum Gasteiger partial charge on any atom is 0.389 e. The molecule has 2 N–H and O–H groups in total. The molecule has 0 fully saturated rings. The monoisotopic (exact) mass is 506 g/mol. The zero-order valence-electron chi connectivity index (χ0n) is 17.0. The molecule has 3 rings (SSSR count). The van der Waals surface area contributed by atoms with Gasteiger partial charge >= 0.3 is 6.18 Å². The number of nitrogens with zero attached hydrogens (tertiary/aromatic N) is 3. The Morgan fingerprint density at radius 2 is 1.85 bits per heavy atom. The molecule has 0 aliphatic heterocycles. The molecule has 0 aliphatic carbocycles. The second-order valence-electron chi connectivity index (χ2n) is 7.11. The van der Waals surface area contributed by atoms with E-state index >= 15 is 0 Å². The van der Waals surface area contributed by atoms with Crippen molar-refractivity contribution in [2.45, 2.75) is 36.5 Å². The van der Waals surface area contributed by atoms with E-state index in [2.05, 4.69) is 14.7 Å². The number of nitrogens with two attached hydrogens (primary N) is 1. The van der Waals surface area contributed by atoms with Gasteiger partial charge < -0.3 is 10.3 Å². The third-order valence-corrected chi connectivity index (χ3v) is 7.02. The molecule has 0 aliphatic rings. The topological polar surface area (TPSA) is 102 Å². The number of alkyl halides is 3. The Morgan fingerprint density at radius 3 is 2.39 bits per heavy atom. The van der Waals surface area contributed by atoms with Gasteiger partial charge in [-0.25, -0.2) is 12.8 Å². The molecule has 1 aromatic heterocycles. The molecule has 7 nitrogen and oxygen atoms in total. The molecule has 0 saturated carbocycles. The van der Waals surface area contributed by atoms with Gasteiger partial charge in [-0.1, -0.05) is 28.9 Å². The summed E-state index contributed by atoms with van der Waals surface area (Å²) in [4.78, 5) is 3.60. The van der Waals surface area contributed by atoms with Crippen molar-refractivity contribution in [1.82, 2.24) is 14.4 Å². The first-order valence-electron chi connectivity index (χ1n) is 9.60. The zero-order chi connectivity index (χ0) is 24.2. The quantitative estimate of drug-likeness (QED) is 0.432. The van der Waals surface area contributed by atoms with Crippen molar-refractivity contribution in [2.75, 3.05) is 6.54 Å². The molecule has 33 heavy (non-hydrogen) atoms. The molecule has 13 heteroatoms. The minimum Gasteiger partial charge on any atom is -0.342 e. The lowest BCUT2D eigenvalue weighted by molar-refractivity contribution is -0.137. The Labute approximate surface area is 192 Å². The minimum absolute atomic E-state index is 0.0646. The number of halogens is 5. The van der Waals surface area contributed by atoms with Crippen LogP contribution in [-0.2, 0) is 16.6 Å². The largest absolute Gasteiger partial charge is 0.389 e. The van der Waals surface area contributed by atoms with Crippen molar-refractivity contribution in [3.05, 3.63) is 65.3 Å². The normalized spacial score (nSPS) is 13.4. The second kappa shape index (κ2) is 10.2. The molecular weight excluding hydrogens is 488 g/mol. The lowest BCUT2D eigenvalue weighted by Gasteiger charge is -2.31. The van der Waals surface area contributed by atoms with Crippen LogP contribution in [0.2, 0.25) is 5.02 Å². The summed E-state index contributed by atoms with van der Waals surface area (Å²) in [6.45, 7) is -0.936. The van der Waals surface area contributed by atoms with E-state index in [1.54, 1.807) is 0 Å². The summed E-state index contributed by atoms with van der Waals surface area (Å²) in [6, 6.07) is 7.71. The highest BCUT2D eigenvalue weighted by Gasteiger charge is 2.35. The summed E-state index contributed by atoms with van der Waals surface area (Å²) < 4.78 is 85.5. The summed E-state index contributed by atoms with van der Waals surface area (Å²) in [6.07, 6.45) is -5.29. The molecule has 2 aromatic carbocycles. The van der Waals surface area contributed by atoms with Crippen LogP contribution < -0.4 is 5.73 Å². The summed E-state index contributed by atoms with van der Waals surface area (Å²) in [7, 11) is -4.34. The Balaban J connectivity index is 1.98. The van der Waals surface area contributed by atoms with Gasteiger partial charge in [-0.05, 0) is 36.8 Å². The summed E-state index contributed by atoms with van der Waals surface area (Å²) in [5.41, 5.74) is 5.88. The number of hydrogen-bond donors (Lipinski definition) is 1. The van der Waals surface area contributed by atoms with Crippen molar-refractivity contribution >= 4 is 21.6 Å². The van der Waals surface area contributed by atoms with Gasteiger partial charge in [0.15, 0.2) is 0 Å². The number of rotatable bonds is 9. The van der Waals surface area contributed by atoms with Crippen LogP contribution in [0, 0.1) is 5.82 Å². The molecule has 3 aromatic rings. The summed E-state index contributed by atoms with van der Waals surface area (Å²) in [5, 5.41) is 3.87. The molecular formula is C20H19ClF4N4O3S. The van der Waals surface area contributed by atoms with Gasteiger partial charge in [0.1, 0.15) is 5.82 Å². The fourth-order valence-corrected chi connectivity index (χ4v) is 4.91. The molecule has 0 spiro atoms. The van der Waals surface area contributed by atoms with Crippen molar-refractivity contribution in [1.29, 1.82) is 0 Å². The number of benzene rings is 2. The first kappa shape index (κ1) is 25.1. The maximum absolute atomic E-state index is 14.9. The summed E-state index contributed by atoms with van der Waals surface area (Å²) in [5.74, 6) is -0.670. The predicted molar refractivity (Wildman–Crippen MR) is 112 cm³/mol. The Morgan fingerprint density at radius 1 is 1.15 bits per heavy atom. The fourth-order valence-electron chi connectivity index (χ4n) is 3.14. The third kappa shape index (κ3) is 6.28. The SMILES string of the molecule is NC[C@@H](CCC(F)(F)F)N(Cc1ccc(-c2ncon2)cc1F)S(=O)(=O)c1ccc(Cl)cc1. The lowest BCUT2D eigenvalue weighted by atomic mass is 10.1. The van der Waals surface area contributed by atoms with E-state index in [1.807, 2.05) is 0 Å². The average molecular weight is 507 g/mol. The van der Waals surface area contributed by atoms with Gasteiger partial charge in [-0.3, -0.25) is 0 Å². The molecule has 0 radical (unpaired) electrons. The van der Waals surface area contributed by atoms with Crippen LogP contribution in [0.3, 0.4) is 0 Å². The van der Waals surface area contributed by atoms with E-state index in [1.165, 1.54) is 36.4 Å². The van der Waals surface area contributed by atoms with Gasteiger partial charge in [0.25, 0.3) is 0 Å². The molecule has 0 amide bonds. The number of aromatic nitrogens is 2. The van der Waals surface area contributed by atoms with Crippen LogP contribution in [0.4, 0.5) is 17.6 Å². The highest BCUT2D eigenvalue weighted by atomic mass is 35.5. The smallest absolute Gasteiger partial charge is 0.342 e. The molecule has 178 valence electrons. The van der Waals surface area contributed by atoms with Crippen LogP contribution in [-0.4, -0.2) is 41.6 Å². The predicted octanol–water partition coefficient (Wildman–Crippen LogP) is 4.39. The van der Waals surface area contributed by atoms with E-state index in [0.29, 0.717) is 0 Å². The Bertz CT molecular complexity index is 1170. The van der Waals surface area contributed by atoms with E-state index in [4.69, 9.17) is 17.3 Å². The van der Waals surface area contributed by atoms with Crippen molar-refractivity contribution in [3.8, 4) is 11.4 Å². The highest BCUT2D eigenvalue weighted by molar-refractivity contribution is 7.89. The Hall–Kier alpha value is -2.54. The fraction of sp³-hybridized carbons (Fsp3) is 0.300. The van der Waals surface area contributed by atoms with Crippen molar-refractivity contribution in [3.63, 3.8) is 0 Å². The average Bonchev–Trinajstić information content (AvgIpc) is 3.28. The Kier molecular flexibility index (Phi) is 7.73. The molecule has 0 unspecified atom stereocenters. The standard InChI is InChI=1S/C20H19ClF4N4O3S/c21-15-3-5-17(6-4-15)33(30,31)29(16(10-26)7-8-20(23,24)25)11-14-2-1-13(9-18(14)22)19-27-12-32-28-19/h1-6,9,12,16H,7-8,10-11,26H2/t16-/m1/s1. The van der Waals surface area contributed by atoms with Crippen LogP contribution in [0.25, 0.3) is 11.4 Å². The third-order valence-electron chi connectivity index (χ3n) is 4.86. The zero-order valence-corrected chi connectivity index (χ0v) is 18.5. The minimum atomic E-state index is -4.51. The van der Waals surface area contributed by atoms with Crippen LogP contribution in [0.15, 0.2) is 58.3 Å². The van der Waals surface area contributed by atoms with Crippen molar-refractivity contribution < 1.29 is 30.5 Å². The van der Waals surface area contributed by atoms with Gasteiger partial charge in [-0.2, -0.15) is 22.5 Å². The molecule has 1 heterocycles. The van der Waals surface area contributed by atoms with Gasteiger partial charge in [0, 0.05) is 41.7 Å². The van der Waals surface area contributed by atoms with E-state index in [9.17, 15) is 26.0 Å². The highest BCUT2D eigenvalue weighted by Crippen LogP contribution is 2.29. The van der Waals surface area contributed by atoms with Gasteiger partial charge in [0.2, 0.25) is 22.2 Å². The molecule has 0 saturated heterocycles. The summed E-state index contributed by atoms with van der Waals surface area (Å²) >= 11 is 5.82. The number of sulfonamides is 1. The second-order valence-corrected chi connectivity index (χ2v) is 9.44. The first-order chi connectivity index (χ1) is 15.5. The lowest BCUT2D eigenvalue weighted by Crippen LogP contribution is -2.44. The van der Waals surface area contributed by atoms with E-state index < -0.39 is 54.0 Å². The van der Waals surface area contributed by atoms with Crippen LogP contribution >= 0.6 is 11.6 Å². The first-order valence-corrected chi connectivity index (χ1v) is 11.4. The van der Waals surface area contributed by atoms with Gasteiger partial charge in [0.05, 0.1) is 4.90 Å². The van der Waals surface area contributed by atoms with E-state index in [0.717, 1.165) is 16.8 Å². The molecule has 0 bridgehead atoms. The van der Waals surface area contributed by atoms with Crippen LogP contribution in [0.5, 0.6) is 0 Å². The maximum atomic E-state index is 14.9. The van der Waals surface area contributed by atoms with Crippen LogP contribution in [0.1, 0.15) is 18.4 Å². The number of hydrogen-bond acceptors (Lipinski definition) is 6. The molecule has 1 atom stereocenters.